The van der Waals surface area contributed by atoms with E-state index in [9.17, 15) is 4.79 Å². The lowest BCUT2D eigenvalue weighted by Gasteiger charge is -2.37. The Balaban J connectivity index is 1.49. The zero-order valence-corrected chi connectivity index (χ0v) is 14.1. The minimum absolute atomic E-state index is 0.0480. The van der Waals surface area contributed by atoms with Gasteiger partial charge in [-0.1, -0.05) is 30.3 Å². The minimum Gasteiger partial charge on any atom is -0.355 e. The van der Waals surface area contributed by atoms with Crippen LogP contribution in [0, 0.1) is 0 Å². The number of rotatable bonds is 3. The molecule has 0 atom stereocenters. The molecule has 1 spiro atoms. The fourth-order valence-corrected chi connectivity index (χ4v) is 3.46. The molecule has 2 fully saturated rings. The first-order valence-electron chi connectivity index (χ1n) is 8.74. The molecule has 2 aliphatic heterocycles. The Labute approximate surface area is 147 Å². The third kappa shape index (κ3) is 3.38. The molecule has 4 rings (SSSR count). The first-order chi connectivity index (χ1) is 12.3. The van der Waals surface area contributed by atoms with Crippen molar-refractivity contribution in [2.45, 2.75) is 18.6 Å². The van der Waals surface area contributed by atoms with Crippen molar-refractivity contribution >= 4 is 17.3 Å². The molecule has 2 aromatic rings. The minimum atomic E-state index is -0.460. The number of piperidine rings is 1. The number of anilines is 2. The van der Waals surface area contributed by atoms with Crippen molar-refractivity contribution in [1.82, 2.24) is 4.90 Å². The molecule has 1 amide bonds. The summed E-state index contributed by atoms with van der Waals surface area (Å²) in [6.07, 6.45) is 1.46. The van der Waals surface area contributed by atoms with Crippen LogP contribution in [0.5, 0.6) is 0 Å². The van der Waals surface area contributed by atoms with E-state index in [0.29, 0.717) is 31.9 Å². The average molecular weight is 338 g/mol. The molecule has 5 nitrogen and oxygen atoms in total. The number of carbonyl (C=O) groups is 1. The van der Waals surface area contributed by atoms with E-state index < -0.39 is 5.79 Å². The van der Waals surface area contributed by atoms with Crippen LogP contribution in [0.2, 0.25) is 0 Å². The summed E-state index contributed by atoms with van der Waals surface area (Å²) in [6.45, 7) is 2.60. The first-order valence-corrected chi connectivity index (χ1v) is 8.74. The van der Waals surface area contributed by atoms with Gasteiger partial charge in [-0.2, -0.15) is 0 Å². The van der Waals surface area contributed by atoms with E-state index in [0.717, 1.165) is 24.2 Å². The van der Waals surface area contributed by atoms with Gasteiger partial charge in [0.2, 0.25) is 0 Å². The number of benzene rings is 2. The molecule has 0 aromatic heterocycles. The van der Waals surface area contributed by atoms with Crippen molar-refractivity contribution in [3.05, 3.63) is 60.2 Å². The molecular formula is C20H22N2O3. The maximum Gasteiger partial charge on any atom is 0.255 e. The summed E-state index contributed by atoms with van der Waals surface area (Å²) >= 11 is 0. The van der Waals surface area contributed by atoms with Gasteiger partial charge in [-0.15, -0.1) is 0 Å². The lowest BCUT2D eigenvalue weighted by molar-refractivity contribution is -0.181. The van der Waals surface area contributed by atoms with Crippen LogP contribution < -0.4 is 5.32 Å². The van der Waals surface area contributed by atoms with Crippen molar-refractivity contribution in [2.75, 3.05) is 31.6 Å². The fraction of sp³-hybridized carbons (Fsp3) is 0.350. The van der Waals surface area contributed by atoms with Crippen LogP contribution in [0.25, 0.3) is 0 Å². The van der Waals surface area contributed by atoms with Gasteiger partial charge in [-0.3, -0.25) is 4.79 Å². The van der Waals surface area contributed by atoms with Gasteiger partial charge < -0.3 is 19.7 Å². The van der Waals surface area contributed by atoms with Gasteiger partial charge in [0.25, 0.3) is 5.91 Å². The third-order valence-electron chi connectivity index (χ3n) is 4.84. The molecular weight excluding hydrogens is 316 g/mol. The number of nitrogens with one attached hydrogen (secondary N) is 1. The van der Waals surface area contributed by atoms with Crippen molar-refractivity contribution in [1.29, 1.82) is 0 Å². The topological polar surface area (TPSA) is 50.8 Å². The van der Waals surface area contributed by atoms with Crippen molar-refractivity contribution < 1.29 is 14.3 Å². The molecule has 0 radical (unpaired) electrons. The number of para-hydroxylation sites is 2. The lowest BCUT2D eigenvalue weighted by Crippen LogP contribution is -2.47. The Bertz CT molecular complexity index is 732. The second-order valence-electron chi connectivity index (χ2n) is 6.44. The summed E-state index contributed by atoms with van der Waals surface area (Å²) in [6, 6.07) is 17.5. The zero-order chi connectivity index (χ0) is 17.1. The van der Waals surface area contributed by atoms with E-state index >= 15 is 0 Å². The Morgan fingerprint density at radius 1 is 0.920 bits per heavy atom. The van der Waals surface area contributed by atoms with E-state index in [1.165, 1.54) is 0 Å². The largest absolute Gasteiger partial charge is 0.355 e. The second kappa shape index (κ2) is 6.86. The van der Waals surface area contributed by atoms with E-state index in [4.69, 9.17) is 9.47 Å². The van der Waals surface area contributed by atoms with Crippen LogP contribution in [0.3, 0.4) is 0 Å². The molecule has 0 bridgehead atoms. The van der Waals surface area contributed by atoms with Crippen LogP contribution >= 0.6 is 0 Å². The molecule has 2 saturated heterocycles. The highest BCUT2D eigenvalue weighted by atomic mass is 16.7. The molecule has 0 unspecified atom stereocenters. The summed E-state index contributed by atoms with van der Waals surface area (Å²) in [7, 11) is 0. The fourth-order valence-electron chi connectivity index (χ4n) is 3.46. The van der Waals surface area contributed by atoms with Gasteiger partial charge in [-0.05, 0) is 24.3 Å². The van der Waals surface area contributed by atoms with Gasteiger partial charge in [-0.25, -0.2) is 0 Å². The van der Waals surface area contributed by atoms with E-state index in [2.05, 4.69) is 5.32 Å². The number of amides is 1. The van der Waals surface area contributed by atoms with Gasteiger partial charge in [0, 0.05) is 31.6 Å². The summed E-state index contributed by atoms with van der Waals surface area (Å²) < 4.78 is 11.5. The van der Waals surface area contributed by atoms with Crippen LogP contribution in [0.4, 0.5) is 11.4 Å². The standard InChI is InChI=1S/C20H22N2O3/c23-19(22-12-10-20(11-13-22)24-14-15-25-20)17-8-4-5-9-18(17)21-16-6-2-1-3-7-16/h1-9,21H,10-15H2. The number of likely N-dealkylation sites (tertiary alicyclic amines) is 1. The van der Waals surface area contributed by atoms with Crippen molar-refractivity contribution in [2.24, 2.45) is 0 Å². The molecule has 2 heterocycles. The van der Waals surface area contributed by atoms with E-state index in [1.807, 2.05) is 59.5 Å². The highest BCUT2D eigenvalue weighted by molar-refractivity contribution is 6.00. The van der Waals surface area contributed by atoms with Crippen molar-refractivity contribution in [3.8, 4) is 0 Å². The number of ether oxygens (including phenoxy) is 2. The monoisotopic (exact) mass is 338 g/mol. The Hall–Kier alpha value is -2.37. The molecule has 0 aliphatic carbocycles. The molecule has 1 N–H and O–H groups in total. The average Bonchev–Trinajstić information content (AvgIpc) is 3.11. The summed E-state index contributed by atoms with van der Waals surface area (Å²) in [5.74, 6) is -0.412. The third-order valence-corrected chi connectivity index (χ3v) is 4.84. The molecule has 2 aromatic carbocycles. The summed E-state index contributed by atoms with van der Waals surface area (Å²) in [5.41, 5.74) is 2.48. The maximum absolute atomic E-state index is 13.0. The Morgan fingerprint density at radius 3 is 2.28 bits per heavy atom. The highest BCUT2D eigenvalue weighted by Gasteiger charge is 2.41. The van der Waals surface area contributed by atoms with Crippen LogP contribution in [0.1, 0.15) is 23.2 Å². The lowest BCUT2D eigenvalue weighted by atomic mass is 10.0. The van der Waals surface area contributed by atoms with Crippen LogP contribution in [-0.2, 0) is 9.47 Å². The van der Waals surface area contributed by atoms with Gasteiger partial charge >= 0.3 is 0 Å². The number of nitrogens with zero attached hydrogens (tertiary/aromatic N) is 1. The van der Waals surface area contributed by atoms with Gasteiger partial charge in [0.15, 0.2) is 5.79 Å². The highest BCUT2D eigenvalue weighted by Crippen LogP contribution is 2.32. The molecule has 5 heteroatoms. The smallest absolute Gasteiger partial charge is 0.255 e. The molecule has 0 saturated carbocycles. The molecule has 25 heavy (non-hydrogen) atoms. The van der Waals surface area contributed by atoms with Gasteiger partial charge in [0.05, 0.1) is 24.5 Å². The predicted molar refractivity (Wildman–Crippen MR) is 95.9 cm³/mol. The second-order valence-corrected chi connectivity index (χ2v) is 6.44. The normalized spacial score (nSPS) is 19.1. The molecule has 130 valence electrons. The van der Waals surface area contributed by atoms with Gasteiger partial charge in [0.1, 0.15) is 0 Å². The number of hydrogen-bond donors (Lipinski definition) is 1. The van der Waals surface area contributed by atoms with Crippen LogP contribution in [-0.4, -0.2) is 42.9 Å². The summed E-state index contributed by atoms with van der Waals surface area (Å²) in [5, 5.41) is 3.34. The first kappa shape index (κ1) is 16.1. The van der Waals surface area contributed by atoms with Crippen molar-refractivity contribution in [3.63, 3.8) is 0 Å². The zero-order valence-electron chi connectivity index (χ0n) is 14.1. The maximum atomic E-state index is 13.0. The Kier molecular flexibility index (Phi) is 4.42. The molecule has 2 aliphatic rings. The predicted octanol–water partition coefficient (Wildman–Crippen LogP) is 3.41. The Morgan fingerprint density at radius 2 is 1.56 bits per heavy atom. The van der Waals surface area contributed by atoms with E-state index in [1.54, 1.807) is 0 Å². The number of hydrogen-bond acceptors (Lipinski definition) is 4. The van der Waals surface area contributed by atoms with E-state index in [-0.39, 0.29) is 5.91 Å². The quantitative estimate of drug-likeness (QED) is 0.932. The summed E-state index contributed by atoms with van der Waals surface area (Å²) in [4.78, 5) is 14.9. The SMILES string of the molecule is O=C(c1ccccc1Nc1ccccc1)N1CCC2(CC1)OCCO2. The van der Waals surface area contributed by atoms with Crippen LogP contribution in [0.15, 0.2) is 54.6 Å². The number of carbonyl (C=O) groups excluding carboxylic acids is 1.